The second-order valence-corrected chi connectivity index (χ2v) is 29.8. The molecule has 0 rings (SSSR count). The average Bonchev–Trinajstić information content (AvgIpc) is 3.70. The monoisotopic (exact) mass is 1250 g/mol. The lowest BCUT2D eigenvalue weighted by Crippen LogP contribution is -2.45. The van der Waals surface area contributed by atoms with Crippen molar-refractivity contribution in [1.82, 2.24) is 5.32 Å². The maximum Gasteiger partial charge on any atom is 0.268 e. The van der Waals surface area contributed by atoms with E-state index < -0.39 is 20.0 Å². The third-order valence-electron chi connectivity index (χ3n) is 18.4. The van der Waals surface area contributed by atoms with Crippen LogP contribution in [0.5, 0.6) is 0 Å². The summed E-state index contributed by atoms with van der Waals surface area (Å²) in [6.07, 6.45) is 92.1. The van der Waals surface area contributed by atoms with Crippen LogP contribution in [0.3, 0.4) is 0 Å². The van der Waals surface area contributed by atoms with Crippen molar-refractivity contribution in [3.63, 3.8) is 0 Å². The summed E-state index contributed by atoms with van der Waals surface area (Å²) in [5, 5.41) is 14.0. The van der Waals surface area contributed by atoms with Crippen LogP contribution in [0.25, 0.3) is 0 Å². The van der Waals surface area contributed by atoms with Crippen molar-refractivity contribution < 1.29 is 32.9 Å². The molecule has 3 atom stereocenters. The van der Waals surface area contributed by atoms with Gasteiger partial charge in [-0.2, -0.15) is 0 Å². The number of phosphoric acid groups is 1. The van der Waals surface area contributed by atoms with Crippen LogP contribution in [0.2, 0.25) is 0 Å². The van der Waals surface area contributed by atoms with E-state index in [0.29, 0.717) is 17.4 Å². The Morgan fingerprint density at radius 2 is 0.644 bits per heavy atom. The van der Waals surface area contributed by atoms with Gasteiger partial charge in [0, 0.05) is 6.42 Å². The molecule has 0 aliphatic rings. The third-order valence-corrected chi connectivity index (χ3v) is 19.4. The predicted octanol–water partition coefficient (Wildman–Crippen LogP) is 24.8. The fourth-order valence-corrected chi connectivity index (χ4v) is 13.1. The highest BCUT2D eigenvalue weighted by Gasteiger charge is 2.23. The summed E-state index contributed by atoms with van der Waals surface area (Å²) in [7, 11) is 1.27. The van der Waals surface area contributed by atoms with Gasteiger partial charge in [-0.15, -0.1) is 0 Å². The Morgan fingerprint density at radius 1 is 0.391 bits per heavy atom. The molecule has 1 amide bonds. The maximum absolute atomic E-state index is 13.1. The zero-order valence-electron chi connectivity index (χ0n) is 59.5. The number of allylic oxidation sites excluding steroid dienone is 3. The number of nitrogens with one attached hydrogen (secondary N) is 1. The molecular weight excluding hydrogens is 1090 g/mol. The quantitative estimate of drug-likeness (QED) is 0.0272. The molecule has 8 nitrogen and oxygen atoms in total. The number of hydrogen-bond acceptors (Lipinski definition) is 6. The summed E-state index contributed by atoms with van der Waals surface area (Å²) >= 11 is 0. The first-order valence-corrected chi connectivity index (χ1v) is 40.7. The van der Waals surface area contributed by atoms with Crippen LogP contribution in [0.4, 0.5) is 0 Å². The largest absolute Gasteiger partial charge is 0.756 e. The number of unbranched alkanes of at least 4 members (excludes halogenated alkanes) is 59. The zero-order valence-corrected chi connectivity index (χ0v) is 60.4. The Morgan fingerprint density at radius 3 is 0.931 bits per heavy atom. The molecule has 0 saturated heterocycles. The summed E-state index contributed by atoms with van der Waals surface area (Å²) in [6.45, 7) is 4.71. The number of aliphatic hydroxyl groups is 1. The van der Waals surface area contributed by atoms with E-state index in [1.807, 2.05) is 27.2 Å². The lowest BCUT2D eigenvalue weighted by atomic mass is 10.0. The van der Waals surface area contributed by atoms with Crippen molar-refractivity contribution in [1.29, 1.82) is 0 Å². The van der Waals surface area contributed by atoms with E-state index in [2.05, 4.69) is 31.3 Å². The Bertz CT molecular complexity index is 1470. The Labute approximate surface area is 545 Å². The summed E-state index contributed by atoms with van der Waals surface area (Å²) in [4.78, 5) is 25.7. The number of rotatable bonds is 74. The lowest BCUT2D eigenvalue weighted by Gasteiger charge is -2.29. The molecule has 0 bridgehead atoms. The summed E-state index contributed by atoms with van der Waals surface area (Å²) < 4.78 is 23.5. The van der Waals surface area contributed by atoms with E-state index in [4.69, 9.17) is 9.05 Å². The summed E-state index contributed by atoms with van der Waals surface area (Å²) in [5.41, 5.74) is 0. The molecular formula is C78H155N2O6P. The molecule has 0 radical (unpaired) electrons. The molecule has 518 valence electrons. The van der Waals surface area contributed by atoms with Gasteiger partial charge in [0.2, 0.25) is 5.91 Å². The van der Waals surface area contributed by atoms with Crippen LogP contribution in [0.1, 0.15) is 418 Å². The van der Waals surface area contributed by atoms with E-state index >= 15 is 0 Å². The molecule has 2 N–H and O–H groups in total. The van der Waals surface area contributed by atoms with E-state index in [-0.39, 0.29) is 19.1 Å². The molecule has 0 heterocycles. The highest BCUT2D eigenvalue weighted by Crippen LogP contribution is 2.38. The smallest absolute Gasteiger partial charge is 0.268 e. The first-order valence-electron chi connectivity index (χ1n) is 39.2. The molecule has 0 aliphatic carbocycles. The predicted molar refractivity (Wildman–Crippen MR) is 381 cm³/mol. The van der Waals surface area contributed by atoms with Gasteiger partial charge in [0.25, 0.3) is 7.82 Å². The van der Waals surface area contributed by atoms with Crippen molar-refractivity contribution in [2.45, 2.75) is 431 Å². The number of likely N-dealkylation sites (N-methyl/N-ethyl adjacent to an activating group) is 1. The number of quaternary nitrogens is 1. The third kappa shape index (κ3) is 72.3. The van der Waals surface area contributed by atoms with E-state index in [1.54, 1.807) is 6.08 Å². The normalized spacial score (nSPS) is 13.6. The molecule has 3 unspecified atom stereocenters. The summed E-state index contributed by atoms with van der Waals surface area (Å²) in [6, 6.07) is -0.903. The van der Waals surface area contributed by atoms with Crippen molar-refractivity contribution in [3.8, 4) is 0 Å². The van der Waals surface area contributed by atoms with Crippen molar-refractivity contribution >= 4 is 13.7 Å². The standard InChI is InChI=1S/C78H155N2O6P/c1-6-8-10-12-14-16-18-20-22-24-26-28-30-32-34-36-38-39-40-42-44-46-48-50-52-54-56-58-60-62-64-66-68-70-72-78(82)79-76(75-86-87(83,84)85-74-73-80(3,4)5)77(81)71-69-67-65-63-61-59-57-55-53-51-49-47-45-43-41-37-35-33-31-29-27-25-23-21-19-17-15-13-11-9-7-2/h61,63,69,71,76-77,81H,6-60,62,64-68,70,72-75H2,1-5H3,(H-,79,82,83,84)/b63-61+,71-69+. The fourth-order valence-electron chi connectivity index (χ4n) is 12.4. The van der Waals surface area contributed by atoms with Gasteiger partial charge in [-0.1, -0.05) is 404 Å². The number of hydrogen-bond donors (Lipinski definition) is 2. The molecule has 87 heavy (non-hydrogen) atoms. The van der Waals surface area contributed by atoms with Gasteiger partial charge in [0.05, 0.1) is 39.9 Å². The van der Waals surface area contributed by atoms with Gasteiger partial charge >= 0.3 is 0 Å². The average molecular weight is 1250 g/mol. The molecule has 0 aliphatic heterocycles. The minimum absolute atomic E-state index is 0.00327. The van der Waals surface area contributed by atoms with Gasteiger partial charge in [-0.25, -0.2) is 0 Å². The number of carbonyl (C=O) groups excluding carboxylic acids is 1. The zero-order chi connectivity index (χ0) is 63.4. The minimum atomic E-state index is -4.61. The van der Waals surface area contributed by atoms with Gasteiger partial charge in [-0.05, 0) is 32.1 Å². The van der Waals surface area contributed by atoms with E-state index in [9.17, 15) is 19.4 Å². The van der Waals surface area contributed by atoms with Crippen LogP contribution in [-0.2, 0) is 18.4 Å². The molecule has 0 fully saturated rings. The molecule has 0 spiro atoms. The Kier molecular flexibility index (Phi) is 68.5. The minimum Gasteiger partial charge on any atom is -0.756 e. The second-order valence-electron chi connectivity index (χ2n) is 28.4. The molecule has 0 aromatic rings. The lowest BCUT2D eigenvalue weighted by molar-refractivity contribution is -0.870. The molecule has 0 aromatic carbocycles. The second kappa shape index (κ2) is 69.3. The number of aliphatic hydroxyl groups excluding tert-OH is 1. The number of nitrogens with zero attached hydrogens (tertiary/aromatic N) is 1. The van der Waals surface area contributed by atoms with Crippen LogP contribution in [-0.4, -0.2) is 68.5 Å². The first-order chi connectivity index (χ1) is 42.5. The van der Waals surface area contributed by atoms with Gasteiger partial charge < -0.3 is 28.8 Å². The number of phosphoric ester groups is 1. The fraction of sp³-hybridized carbons (Fsp3) is 0.936. The topological polar surface area (TPSA) is 108 Å². The Balaban J connectivity index is 3.98. The number of amides is 1. The first kappa shape index (κ1) is 86.0. The highest BCUT2D eigenvalue weighted by atomic mass is 31.2. The van der Waals surface area contributed by atoms with Crippen molar-refractivity contribution in [3.05, 3.63) is 24.3 Å². The maximum atomic E-state index is 13.1. The highest BCUT2D eigenvalue weighted by molar-refractivity contribution is 7.45. The van der Waals surface area contributed by atoms with E-state index in [1.165, 1.54) is 360 Å². The van der Waals surface area contributed by atoms with Crippen LogP contribution < -0.4 is 10.2 Å². The van der Waals surface area contributed by atoms with Gasteiger partial charge in [0.1, 0.15) is 13.2 Å². The van der Waals surface area contributed by atoms with Crippen LogP contribution in [0.15, 0.2) is 24.3 Å². The van der Waals surface area contributed by atoms with Crippen LogP contribution in [0, 0.1) is 0 Å². The van der Waals surface area contributed by atoms with Gasteiger partial charge in [-0.3, -0.25) is 9.36 Å². The molecule has 9 heteroatoms. The molecule has 0 saturated carbocycles. The van der Waals surface area contributed by atoms with Gasteiger partial charge in [0.15, 0.2) is 0 Å². The SMILES string of the molecule is CCCCCCCCCCCCCCCCCCCCCCCCCCC/C=C/CC/C=C/C(O)C(COP(=O)([O-])OCC[N+](C)(C)C)NC(=O)CCCCCCCCCCCCCCCCCCCCCCCCCCCCCCCCCCCC. The van der Waals surface area contributed by atoms with Crippen LogP contribution >= 0.6 is 7.82 Å². The Hall–Kier alpha value is -1.02. The summed E-state index contributed by atoms with van der Waals surface area (Å²) in [5.74, 6) is -0.197. The van der Waals surface area contributed by atoms with Crippen molar-refractivity contribution in [2.24, 2.45) is 0 Å². The molecule has 0 aromatic heterocycles. The van der Waals surface area contributed by atoms with Crippen molar-refractivity contribution in [2.75, 3.05) is 40.9 Å². The number of carbonyl (C=O) groups is 1. The van der Waals surface area contributed by atoms with E-state index in [0.717, 1.165) is 38.5 Å².